The summed E-state index contributed by atoms with van der Waals surface area (Å²) in [5.74, 6) is 0.153. The molecule has 1 rings (SSSR count). The lowest BCUT2D eigenvalue weighted by Crippen LogP contribution is -2.27. The third-order valence-corrected chi connectivity index (χ3v) is 2.06. The fourth-order valence-electron chi connectivity index (χ4n) is 1.28. The van der Waals surface area contributed by atoms with Crippen LogP contribution in [0.2, 0.25) is 0 Å². The Kier molecular flexibility index (Phi) is 5.20. The highest BCUT2D eigenvalue weighted by Crippen LogP contribution is 2.09. The molecule has 1 amide bonds. The zero-order valence-electron chi connectivity index (χ0n) is 11.4. The minimum Gasteiger partial charge on any atom is -0.444 e. The van der Waals surface area contributed by atoms with Crippen LogP contribution in [0.3, 0.4) is 0 Å². The molecule has 0 aliphatic heterocycles. The van der Waals surface area contributed by atoms with E-state index in [2.05, 4.69) is 15.3 Å². The molecule has 0 bridgehead atoms. The van der Waals surface area contributed by atoms with Crippen LogP contribution in [0.1, 0.15) is 26.3 Å². The van der Waals surface area contributed by atoms with Gasteiger partial charge in [0.25, 0.3) is 0 Å². The largest absolute Gasteiger partial charge is 0.444 e. The van der Waals surface area contributed by atoms with E-state index in [1.807, 2.05) is 0 Å². The average molecular weight is 268 g/mol. The Bertz CT molecular complexity index is 414. The van der Waals surface area contributed by atoms with Crippen LogP contribution in [0.25, 0.3) is 0 Å². The molecule has 19 heavy (non-hydrogen) atoms. The molecule has 0 saturated carbocycles. The molecular weight excluding hydrogens is 248 g/mol. The van der Waals surface area contributed by atoms with Crippen molar-refractivity contribution >= 4 is 12.0 Å². The van der Waals surface area contributed by atoms with E-state index < -0.39 is 17.8 Å². The zero-order chi connectivity index (χ0) is 14.5. The summed E-state index contributed by atoms with van der Waals surface area (Å²) < 4.78 is 5.07. The van der Waals surface area contributed by atoms with Crippen LogP contribution in [0.15, 0.2) is 12.4 Å². The van der Waals surface area contributed by atoms with Gasteiger partial charge in [0.2, 0.25) is 5.95 Å². The van der Waals surface area contributed by atoms with Gasteiger partial charge in [-0.3, -0.25) is 5.32 Å². The van der Waals surface area contributed by atoms with E-state index in [0.717, 1.165) is 5.56 Å². The van der Waals surface area contributed by atoms with E-state index in [9.17, 15) is 9.90 Å². The summed E-state index contributed by atoms with van der Waals surface area (Å²) in [4.78, 5) is 19.4. The van der Waals surface area contributed by atoms with Crippen molar-refractivity contribution in [3.05, 3.63) is 18.0 Å². The van der Waals surface area contributed by atoms with Crippen molar-refractivity contribution in [2.75, 3.05) is 11.9 Å². The van der Waals surface area contributed by atoms with Crippen molar-refractivity contribution in [3.8, 4) is 0 Å². The topological polar surface area (TPSA) is 110 Å². The normalized spacial score (nSPS) is 12.9. The Balaban J connectivity index is 2.55. The number of anilines is 1. The third kappa shape index (κ3) is 6.12. The molecule has 1 unspecified atom stereocenters. The van der Waals surface area contributed by atoms with Crippen LogP contribution in [0.4, 0.5) is 10.7 Å². The molecule has 106 valence electrons. The number of hydrogen-bond acceptors (Lipinski definition) is 6. The van der Waals surface area contributed by atoms with Crippen LogP contribution in [0.5, 0.6) is 0 Å². The van der Waals surface area contributed by atoms with Gasteiger partial charge in [0.05, 0.1) is 6.10 Å². The maximum atomic E-state index is 11.5. The second-order valence-electron chi connectivity index (χ2n) is 5.14. The summed E-state index contributed by atoms with van der Waals surface area (Å²) in [5.41, 5.74) is 5.48. The number of rotatable bonds is 4. The summed E-state index contributed by atoms with van der Waals surface area (Å²) in [5, 5.41) is 11.8. The molecule has 7 heteroatoms. The van der Waals surface area contributed by atoms with Crippen molar-refractivity contribution in [2.24, 2.45) is 5.73 Å². The number of carbonyl (C=O) groups is 1. The van der Waals surface area contributed by atoms with Crippen LogP contribution in [-0.4, -0.2) is 39.4 Å². The molecule has 1 aromatic heterocycles. The first kappa shape index (κ1) is 15.3. The first-order valence-corrected chi connectivity index (χ1v) is 5.99. The molecule has 0 radical (unpaired) electrons. The molecule has 1 heterocycles. The molecule has 0 aliphatic carbocycles. The molecule has 0 fully saturated rings. The van der Waals surface area contributed by atoms with Crippen molar-refractivity contribution in [1.82, 2.24) is 9.97 Å². The molecular formula is C12H20N4O3. The molecule has 0 aliphatic rings. The molecule has 1 atom stereocenters. The first-order chi connectivity index (χ1) is 8.80. The summed E-state index contributed by atoms with van der Waals surface area (Å²) in [7, 11) is 0. The number of nitrogens with two attached hydrogens (primary N) is 1. The number of ether oxygens (including phenoxy) is 1. The Morgan fingerprint density at radius 1 is 1.47 bits per heavy atom. The van der Waals surface area contributed by atoms with E-state index in [1.165, 1.54) is 12.4 Å². The summed E-state index contributed by atoms with van der Waals surface area (Å²) in [6.45, 7) is 5.48. The summed E-state index contributed by atoms with van der Waals surface area (Å²) in [6.07, 6.45) is 2.20. The highest BCUT2D eigenvalue weighted by Gasteiger charge is 2.16. The van der Waals surface area contributed by atoms with Gasteiger partial charge in [0, 0.05) is 25.4 Å². The molecule has 0 aromatic carbocycles. The molecule has 7 nitrogen and oxygen atoms in total. The predicted molar refractivity (Wildman–Crippen MR) is 70.7 cm³/mol. The second-order valence-corrected chi connectivity index (χ2v) is 5.14. The molecule has 0 saturated heterocycles. The fraction of sp³-hybridized carbons (Fsp3) is 0.583. The van der Waals surface area contributed by atoms with E-state index in [4.69, 9.17) is 10.5 Å². The van der Waals surface area contributed by atoms with Crippen LogP contribution in [0, 0.1) is 0 Å². The van der Waals surface area contributed by atoms with Gasteiger partial charge in [-0.2, -0.15) is 0 Å². The number of hydrogen-bond donors (Lipinski definition) is 3. The monoisotopic (exact) mass is 268 g/mol. The molecule has 0 spiro atoms. The third-order valence-electron chi connectivity index (χ3n) is 2.06. The van der Waals surface area contributed by atoms with E-state index in [1.54, 1.807) is 20.8 Å². The fourth-order valence-corrected chi connectivity index (χ4v) is 1.28. The Hall–Kier alpha value is -1.73. The van der Waals surface area contributed by atoms with Crippen LogP contribution < -0.4 is 11.1 Å². The van der Waals surface area contributed by atoms with Crippen molar-refractivity contribution < 1.29 is 14.6 Å². The molecule has 4 N–H and O–H groups in total. The van der Waals surface area contributed by atoms with Gasteiger partial charge >= 0.3 is 6.09 Å². The number of carbonyl (C=O) groups excluding carboxylic acids is 1. The van der Waals surface area contributed by atoms with Gasteiger partial charge in [-0.25, -0.2) is 14.8 Å². The Labute approximate surface area is 112 Å². The number of nitrogens with one attached hydrogen (secondary N) is 1. The average Bonchev–Trinajstić information content (AvgIpc) is 2.29. The van der Waals surface area contributed by atoms with Crippen molar-refractivity contribution in [2.45, 2.75) is 38.9 Å². The standard InChI is InChI=1S/C12H20N4O3/c1-12(2,3)19-11(18)16-10-14-6-8(7-15-10)4-9(17)5-13/h6-7,9,17H,4-5,13H2,1-3H3,(H,14,15,16,18). The van der Waals surface area contributed by atoms with E-state index in [-0.39, 0.29) is 12.5 Å². The summed E-state index contributed by atoms with van der Waals surface area (Å²) >= 11 is 0. The minimum atomic E-state index is -0.617. The quantitative estimate of drug-likeness (QED) is 0.740. The van der Waals surface area contributed by atoms with Gasteiger partial charge in [-0.1, -0.05) is 0 Å². The van der Waals surface area contributed by atoms with Crippen LogP contribution >= 0.6 is 0 Å². The lowest BCUT2D eigenvalue weighted by Gasteiger charge is -2.19. The van der Waals surface area contributed by atoms with Gasteiger partial charge in [-0.15, -0.1) is 0 Å². The highest BCUT2D eigenvalue weighted by atomic mass is 16.6. The van der Waals surface area contributed by atoms with E-state index >= 15 is 0 Å². The lowest BCUT2D eigenvalue weighted by molar-refractivity contribution is 0.0634. The zero-order valence-corrected chi connectivity index (χ0v) is 11.4. The number of aliphatic hydroxyl groups excluding tert-OH is 1. The van der Waals surface area contributed by atoms with Gasteiger partial charge in [0.15, 0.2) is 0 Å². The number of amides is 1. The Morgan fingerprint density at radius 2 is 2.05 bits per heavy atom. The second kappa shape index (κ2) is 6.44. The molecule has 1 aromatic rings. The SMILES string of the molecule is CC(C)(C)OC(=O)Nc1ncc(CC(O)CN)cn1. The van der Waals surface area contributed by atoms with Crippen molar-refractivity contribution in [3.63, 3.8) is 0 Å². The maximum absolute atomic E-state index is 11.5. The number of aliphatic hydroxyl groups is 1. The number of nitrogens with zero attached hydrogens (tertiary/aromatic N) is 2. The van der Waals surface area contributed by atoms with E-state index in [0.29, 0.717) is 6.42 Å². The first-order valence-electron chi connectivity index (χ1n) is 5.99. The Morgan fingerprint density at radius 3 is 2.53 bits per heavy atom. The smallest absolute Gasteiger partial charge is 0.414 e. The van der Waals surface area contributed by atoms with Gasteiger partial charge in [0.1, 0.15) is 5.60 Å². The number of aromatic nitrogens is 2. The highest BCUT2D eigenvalue weighted by molar-refractivity contribution is 5.82. The van der Waals surface area contributed by atoms with Crippen molar-refractivity contribution in [1.29, 1.82) is 0 Å². The van der Waals surface area contributed by atoms with Gasteiger partial charge < -0.3 is 15.6 Å². The minimum absolute atomic E-state index is 0.153. The lowest BCUT2D eigenvalue weighted by atomic mass is 10.1. The van der Waals surface area contributed by atoms with Gasteiger partial charge in [-0.05, 0) is 26.3 Å². The van der Waals surface area contributed by atoms with Crippen LogP contribution in [-0.2, 0) is 11.2 Å². The maximum Gasteiger partial charge on any atom is 0.414 e. The predicted octanol–water partition coefficient (Wildman–Crippen LogP) is 0.686. The summed E-state index contributed by atoms with van der Waals surface area (Å²) in [6, 6.07) is 0.